The molecule has 0 saturated heterocycles. The third-order valence-electron chi connectivity index (χ3n) is 7.31. The third kappa shape index (κ3) is 2.74. The molecule has 3 aromatic carbocycles. The van der Waals surface area contributed by atoms with E-state index in [1.54, 1.807) is 0 Å². The first kappa shape index (κ1) is 19.1. The van der Waals surface area contributed by atoms with Gasteiger partial charge in [0.15, 0.2) is 0 Å². The lowest BCUT2D eigenvalue weighted by Crippen LogP contribution is -2.17. The largest absolute Gasteiger partial charge is 0.0620 e. The minimum absolute atomic E-state index is 0.0540. The first-order valence-corrected chi connectivity index (χ1v) is 11.1. The van der Waals surface area contributed by atoms with E-state index >= 15 is 0 Å². The molecule has 0 saturated carbocycles. The summed E-state index contributed by atoms with van der Waals surface area (Å²) < 4.78 is 0. The molecule has 0 nitrogen and oxygen atoms in total. The average Bonchev–Trinajstić information content (AvgIpc) is 2.97. The lowest BCUT2D eigenvalue weighted by molar-refractivity contribution is 0.655. The first-order chi connectivity index (χ1) is 14.4. The monoisotopic (exact) mass is 390 g/mol. The second-order valence-electron chi connectivity index (χ2n) is 9.48. The Bertz CT molecular complexity index is 1230. The van der Waals surface area contributed by atoms with Gasteiger partial charge in [-0.05, 0) is 94.8 Å². The molecular weight excluding hydrogens is 360 g/mol. The topological polar surface area (TPSA) is 0 Å². The Morgan fingerprint density at radius 3 is 2.07 bits per heavy atom. The molecule has 0 aromatic heterocycles. The molecule has 0 aliphatic heterocycles. The average molecular weight is 391 g/mol. The molecule has 0 heteroatoms. The van der Waals surface area contributed by atoms with Crippen molar-refractivity contribution in [1.29, 1.82) is 0 Å². The second kappa shape index (κ2) is 6.84. The van der Waals surface area contributed by atoms with Gasteiger partial charge >= 0.3 is 0 Å². The molecule has 0 heterocycles. The second-order valence-corrected chi connectivity index (χ2v) is 9.48. The van der Waals surface area contributed by atoms with Crippen LogP contribution in [0.15, 0.2) is 72.3 Å². The molecule has 0 radical (unpaired) electrons. The highest BCUT2D eigenvalue weighted by molar-refractivity contribution is 5.87. The molecule has 0 amide bonds. The van der Waals surface area contributed by atoms with Gasteiger partial charge in [0.25, 0.3) is 0 Å². The van der Waals surface area contributed by atoms with Gasteiger partial charge < -0.3 is 0 Å². The fourth-order valence-corrected chi connectivity index (χ4v) is 5.84. The summed E-state index contributed by atoms with van der Waals surface area (Å²) in [5.74, 6) is 0. The van der Waals surface area contributed by atoms with Gasteiger partial charge in [0, 0.05) is 5.41 Å². The van der Waals surface area contributed by atoms with Crippen molar-refractivity contribution in [2.45, 2.75) is 52.9 Å². The predicted molar refractivity (Wildman–Crippen MR) is 130 cm³/mol. The van der Waals surface area contributed by atoms with Gasteiger partial charge in [-0.2, -0.15) is 0 Å². The summed E-state index contributed by atoms with van der Waals surface area (Å²) in [6, 6.07) is 22.4. The van der Waals surface area contributed by atoms with Gasteiger partial charge in [0.1, 0.15) is 0 Å². The van der Waals surface area contributed by atoms with E-state index in [0.29, 0.717) is 0 Å². The molecule has 150 valence electrons. The quantitative estimate of drug-likeness (QED) is 0.413. The number of benzene rings is 3. The SMILES string of the molecule is CC1=C(c2ccccc2C)CCC(c2ccc3c(c2C)C(C)(C)c2ccccc2-3)=C1. The van der Waals surface area contributed by atoms with E-state index in [4.69, 9.17) is 0 Å². The lowest BCUT2D eigenvalue weighted by atomic mass is 9.77. The Kier molecular flexibility index (Phi) is 4.36. The van der Waals surface area contributed by atoms with Gasteiger partial charge in [0.05, 0.1) is 0 Å². The van der Waals surface area contributed by atoms with Crippen LogP contribution in [0.5, 0.6) is 0 Å². The van der Waals surface area contributed by atoms with Crippen LogP contribution in [0.4, 0.5) is 0 Å². The summed E-state index contributed by atoms with van der Waals surface area (Å²) in [5, 5.41) is 0. The van der Waals surface area contributed by atoms with E-state index in [1.807, 2.05) is 0 Å². The third-order valence-corrected chi connectivity index (χ3v) is 7.31. The van der Waals surface area contributed by atoms with Crippen LogP contribution in [0.1, 0.15) is 67.0 Å². The van der Waals surface area contributed by atoms with Gasteiger partial charge in [-0.3, -0.25) is 0 Å². The number of fused-ring (bicyclic) bond motifs is 3. The van der Waals surface area contributed by atoms with Crippen LogP contribution in [0.3, 0.4) is 0 Å². The van der Waals surface area contributed by atoms with Crippen molar-refractivity contribution in [3.05, 3.63) is 106 Å². The highest BCUT2D eigenvalue weighted by atomic mass is 14.4. The molecule has 0 bridgehead atoms. The number of hydrogen-bond donors (Lipinski definition) is 0. The summed E-state index contributed by atoms with van der Waals surface area (Å²) >= 11 is 0. The minimum atomic E-state index is 0.0540. The number of aryl methyl sites for hydroxylation is 1. The summed E-state index contributed by atoms with van der Waals surface area (Å²) in [5.41, 5.74) is 15.9. The molecule has 5 rings (SSSR count). The molecule has 30 heavy (non-hydrogen) atoms. The molecule has 0 atom stereocenters. The lowest BCUT2D eigenvalue weighted by Gasteiger charge is -2.26. The van der Waals surface area contributed by atoms with Crippen LogP contribution >= 0.6 is 0 Å². The van der Waals surface area contributed by atoms with Crippen LogP contribution in [0.25, 0.3) is 22.3 Å². The van der Waals surface area contributed by atoms with Crippen molar-refractivity contribution < 1.29 is 0 Å². The van der Waals surface area contributed by atoms with Gasteiger partial charge in [-0.1, -0.05) is 80.6 Å². The van der Waals surface area contributed by atoms with Gasteiger partial charge in [-0.15, -0.1) is 0 Å². The number of allylic oxidation sites excluding steroid dienone is 4. The molecule has 0 N–H and O–H groups in total. The number of hydrogen-bond acceptors (Lipinski definition) is 0. The Labute approximate surface area is 181 Å². The van der Waals surface area contributed by atoms with E-state index in [1.165, 1.54) is 61.2 Å². The highest BCUT2D eigenvalue weighted by Crippen LogP contribution is 2.51. The van der Waals surface area contributed by atoms with Crippen molar-refractivity contribution in [3.8, 4) is 11.1 Å². The number of rotatable bonds is 2. The zero-order valence-corrected chi connectivity index (χ0v) is 18.8. The summed E-state index contributed by atoms with van der Waals surface area (Å²) in [6.07, 6.45) is 4.66. The maximum Gasteiger partial charge on any atom is 0.0161 e. The van der Waals surface area contributed by atoms with Crippen LogP contribution in [-0.4, -0.2) is 0 Å². The van der Waals surface area contributed by atoms with E-state index in [2.05, 4.69) is 101 Å². The van der Waals surface area contributed by atoms with Crippen molar-refractivity contribution in [3.63, 3.8) is 0 Å². The molecule has 3 aromatic rings. The smallest absolute Gasteiger partial charge is 0.0161 e. The van der Waals surface area contributed by atoms with Crippen LogP contribution < -0.4 is 0 Å². The Morgan fingerprint density at radius 1 is 0.667 bits per heavy atom. The molecular formula is C30H30. The fourth-order valence-electron chi connectivity index (χ4n) is 5.84. The normalized spacial score (nSPS) is 16.9. The van der Waals surface area contributed by atoms with Crippen LogP contribution in [-0.2, 0) is 5.41 Å². The van der Waals surface area contributed by atoms with Crippen LogP contribution in [0, 0.1) is 13.8 Å². The maximum atomic E-state index is 2.44. The van der Waals surface area contributed by atoms with E-state index in [-0.39, 0.29) is 5.41 Å². The maximum absolute atomic E-state index is 2.44. The Balaban J connectivity index is 1.62. The van der Waals surface area contributed by atoms with E-state index in [0.717, 1.165) is 12.8 Å². The molecule has 0 unspecified atom stereocenters. The molecule has 2 aliphatic rings. The molecule has 2 aliphatic carbocycles. The highest BCUT2D eigenvalue weighted by Gasteiger charge is 2.37. The van der Waals surface area contributed by atoms with Gasteiger partial charge in [0.2, 0.25) is 0 Å². The van der Waals surface area contributed by atoms with Crippen molar-refractivity contribution >= 4 is 11.1 Å². The minimum Gasteiger partial charge on any atom is -0.0620 e. The molecule has 0 spiro atoms. The first-order valence-electron chi connectivity index (χ1n) is 11.1. The van der Waals surface area contributed by atoms with Crippen molar-refractivity contribution in [2.75, 3.05) is 0 Å². The van der Waals surface area contributed by atoms with Crippen molar-refractivity contribution in [2.24, 2.45) is 0 Å². The standard InChI is InChI=1S/C30H30/c1-19-10-6-7-11-23(19)24-15-14-22(18-20(24)2)25-16-17-27-26-12-8-9-13-28(26)30(4,5)29(27)21(25)3/h6-13,16-18H,14-15H2,1-5H3. The Morgan fingerprint density at radius 2 is 1.33 bits per heavy atom. The zero-order chi connectivity index (χ0) is 21.0. The summed E-state index contributed by atoms with van der Waals surface area (Å²) in [7, 11) is 0. The van der Waals surface area contributed by atoms with E-state index in [9.17, 15) is 0 Å². The van der Waals surface area contributed by atoms with Crippen LogP contribution in [0.2, 0.25) is 0 Å². The predicted octanol–water partition coefficient (Wildman–Crippen LogP) is 8.26. The van der Waals surface area contributed by atoms with Crippen molar-refractivity contribution in [1.82, 2.24) is 0 Å². The Hall–Kier alpha value is -2.86. The molecule has 0 fully saturated rings. The summed E-state index contributed by atoms with van der Waals surface area (Å²) in [6.45, 7) is 11.6. The fraction of sp³-hybridized carbons (Fsp3) is 0.267. The van der Waals surface area contributed by atoms with E-state index < -0.39 is 0 Å². The zero-order valence-electron chi connectivity index (χ0n) is 18.8. The van der Waals surface area contributed by atoms with Gasteiger partial charge in [-0.25, -0.2) is 0 Å². The summed E-state index contributed by atoms with van der Waals surface area (Å²) in [4.78, 5) is 0.